The van der Waals surface area contributed by atoms with Crippen molar-refractivity contribution in [1.29, 1.82) is 0 Å². The van der Waals surface area contributed by atoms with E-state index in [1.807, 2.05) is 4.57 Å². The largest absolute Gasteiger partial charge is 0.470 e. The number of hydrogen-bond donors (Lipinski definition) is 0. The lowest BCUT2D eigenvalue weighted by atomic mass is 10.0. The van der Waals surface area contributed by atoms with Gasteiger partial charge in [-0.15, -0.1) is 11.3 Å². The van der Waals surface area contributed by atoms with Gasteiger partial charge in [-0.1, -0.05) is 17.7 Å². The number of nitrogens with zero attached hydrogens (tertiary/aromatic N) is 4. The second kappa shape index (κ2) is 11.5. The average Bonchev–Trinajstić information content (AvgIpc) is 3.52. The number of rotatable bonds is 9. The van der Waals surface area contributed by atoms with Crippen LogP contribution in [0, 0.1) is 11.6 Å². The number of benzene rings is 2. The summed E-state index contributed by atoms with van der Waals surface area (Å²) < 4.78 is 49.4. The molecule has 0 spiro atoms. The van der Waals surface area contributed by atoms with E-state index in [0.717, 1.165) is 12.5 Å². The van der Waals surface area contributed by atoms with Crippen molar-refractivity contribution in [2.24, 2.45) is 0 Å². The zero-order valence-corrected chi connectivity index (χ0v) is 23.3. The van der Waals surface area contributed by atoms with Gasteiger partial charge in [0, 0.05) is 24.7 Å². The first-order valence-corrected chi connectivity index (χ1v) is 13.9. The lowest BCUT2D eigenvalue weighted by Gasteiger charge is -2.27. The van der Waals surface area contributed by atoms with Gasteiger partial charge in [-0.3, -0.25) is 0 Å². The van der Waals surface area contributed by atoms with Crippen LogP contribution in [0.1, 0.15) is 33.2 Å². The normalized spacial score (nSPS) is 14.7. The number of thiazole rings is 1. The number of carbonyl (C=O) groups is 1. The molecule has 210 valence electrons. The Labute approximate surface area is 242 Å². The molecule has 0 saturated carbocycles. The minimum Gasteiger partial charge on any atom is -0.470 e. The second-order valence-electron chi connectivity index (χ2n) is 9.42. The summed E-state index contributed by atoms with van der Waals surface area (Å²) >= 11 is 7.19. The Morgan fingerprint density at radius 2 is 2.02 bits per heavy atom. The molecule has 0 aliphatic carbocycles. The summed E-state index contributed by atoms with van der Waals surface area (Å²) in [5.41, 5.74) is 2.07. The summed E-state index contributed by atoms with van der Waals surface area (Å²) in [5, 5.41) is 0.667. The van der Waals surface area contributed by atoms with Crippen molar-refractivity contribution in [3.8, 4) is 17.1 Å². The van der Waals surface area contributed by atoms with E-state index >= 15 is 8.78 Å². The minimum atomic E-state index is -0.629. The number of carbonyl (C=O) groups excluding carboxylic acids is 1. The van der Waals surface area contributed by atoms with E-state index in [0.29, 0.717) is 44.9 Å². The highest BCUT2D eigenvalue weighted by molar-refractivity contribution is 7.15. The number of halogens is 3. The van der Waals surface area contributed by atoms with Crippen LogP contribution in [0.4, 0.5) is 8.78 Å². The van der Waals surface area contributed by atoms with Gasteiger partial charge in [0.15, 0.2) is 0 Å². The quantitative estimate of drug-likeness (QED) is 0.186. The number of pyridine rings is 1. The molecule has 12 heteroatoms. The molecule has 0 radical (unpaired) electrons. The van der Waals surface area contributed by atoms with Crippen LogP contribution in [0.15, 0.2) is 54.7 Å². The van der Waals surface area contributed by atoms with Crippen LogP contribution in [0.5, 0.6) is 5.88 Å². The molecule has 2 aromatic carbocycles. The maximum absolute atomic E-state index is 15.4. The van der Waals surface area contributed by atoms with Gasteiger partial charge >= 0.3 is 5.97 Å². The molecule has 5 aromatic rings. The van der Waals surface area contributed by atoms with Crippen molar-refractivity contribution in [2.75, 3.05) is 13.7 Å². The van der Waals surface area contributed by atoms with Crippen molar-refractivity contribution >= 4 is 39.9 Å². The third kappa shape index (κ3) is 5.79. The van der Waals surface area contributed by atoms with E-state index in [2.05, 4.69) is 15.0 Å². The molecule has 0 amide bonds. The van der Waals surface area contributed by atoms with E-state index in [9.17, 15) is 4.79 Å². The molecule has 1 aliphatic rings. The lowest BCUT2D eigenvalue weighted by molar-refractivity contribution is -0.0589. The molecule has 8 nitrogen and oxygen atoms in total. The molecule has 1 atom stereocenters. The molecule has 0 N–H and O–H groups in total. The predicted molar refractivity (Wildman–Crippen MR) is 149 cm³/mol. The fourth-order valence-corrected chi connectivity index (χ4v) is 5.48. The molecule has 0 bridgehead atoms. The Balaban J connectivity index is 1.28. The minimum absolute atomic E-state index is 0.00749. The van der Waals surface area contributed by atoms with Gasteiger partial charge in [0.05, 0.1) is 48.2 Å². The van der Waals surface area contributed by atoms with Crippen molar-refractivity contribution < 1.29 is 27.8 Å². The molecular formula is C29H23ClF2N4O4S. The van der Waals surface area contributed by atoms with E-state index in [-0.39, 0.29) is 41.8 Å². The van der Waals surface area contributed by atoms with Crippen LogP contribution in [0.2, 0.25) is 4.34 Å². The Morgan fingerprint density at radius 1 is 1.17 bits per heavy atom. The first-order valence-electron chi connectivity index (χ1n) is 12.8. The number of ether oxygens (including phenoxy) is 3. The third-order valence-electron chi connectivity index (χ3n) is 6.78. The average molecular weight is 597 g/mol. The van der Waals surface area contributed by atoms with Gasteiger partial charge in [-0.05, 0) is 48.4 Å². The fraction of sp³-hybridized carbons (Fsp3) is 0.241. The van der Waals surface area contributed by atoms with Crippen LogP contribution in [-0.2, 0) is 29.0 Å². The van der Waals surface area contributed by atoms with Gasteiger partial charge in [-0.2, -0.15) is 0 Å². The van der Waals surface area contributed by atoms with E-state index in [1.54, 1.807) is 36.4 Å². The van der Waals surface area contributed by atoms with E-state index < -0.39 is 17.6 Å². The van der Waals surface area contributed by atoms with Crippen LogP contribution in [0.3, 0.4) is 0 Å². The topological polar surface area (TPSA) is 88.4 Å². The molecule has 3 aromatic heterocycles. The monoisotopic (exact) mass is 596 g/mol. The molecule has 4 heterocycles. The Hall–Kier alpha value is -3.93. The Kier molecular flexibility index (Phi) is 7.65. The van der Waals surface area contributed by atoms with Gasteiger partial charge in [0.1, 0.15) is 33.4 Å². The zero-order valence-electron chi connectivity index (χ0n) is 21.8. The maximum atomic E-state index is 15.4. The summed E-state index contributed by atoms with van der Waals surface area (Å²) in [7, 11) is 1.32. The Morgan fingerprint density at radius 3 is 2.76 bits per heavy atom. The van der Waals surface area contributed by atoms with Gasteiger partial charge < -0.3 is 18.8 Å². The fourth-order valence-electron chi connectivity index (χ4n) is 4.61. The predicted octanol–water partition coefficient (Wildman–Crippen LogP) is 6.23. The number of aromatic nitrogens is 4. The third-order valence-corrected chi connectivity index (χ3v) is 7.87. The lowest BCUT2D eigenvalue weighted by Crippen LogP contribution is -2.31. The smallest absolute Gasteiger partial charge is 0.337 e. The number of methoxy groups -OCH3 is 1. The standard InChI is InChI=1S/C29H23ClF2N4O4S/c1-38-29(37)16-5-6-23-24(10-16)36(14-18-7-8-39-18)26(34-23)11-17-9-21(32)19(12-20(17)31)22-3-2-4-27(35-22)40-15-28-33-13-25(30)41-28/h2-6,9-10,12-13,18H,7-8,11,14-15H2,1H3. The number of esters is 1. The molecule has 6 rings (SSSR count). The number of fused-ring (bicyclic) bond motifs is 1. The Bertz CT molecular complexity index is 1750. The highest BCUT2D eigenvalue weighted by atomic mass is 35.5. The van der Waals surface area contributed by atoms with Crippen molar-refractivity contribution in [2.45, 2.75) is 32.1 Å². The van der Waals surface area contributed by atoms with Crippen LogP contribution in [0.25, 0.3) is 22.3 Å². The maximum Gasteiger partial charge on any atom is 0.337 e. The molecule has 41 heavy (non-hydrogen) atoms. The van der Waals surface area contributed by atoms with E-state index in [4.69, 9.17) is 25.8 Å². The second-order valence-corrected chi connectivity index (χ2v) is 11.2. The van der Waals surface area contributed by atoms with Gasteiger partial charge in [-0.25, -0.2) is 28.5 Å². The van der Waals surface area contributed by atoms with Crippen molar-refractivity contribution in [3.05, 3.63) is 92.7 Å². The summed E-state index contributed by atoms with van der Waals surface area (Å²) in [4.78, 5) is 25.3. The number of imidazole rings is 1. The SMILES string of the molecule is COC(=O)c1ccc2nc(Cc3cc(F)c(-c4cccc(OCc5ncc(Cl)s5)n4)cc3F)n(CC3CCO3)c2c1. The summed E-state index contributed by atoms with van der Waals surface area (Å²) in [5.74, 6) is -0.924. The van der Waals surface area contributed by atoms with Gasteiger partial charge in [0.25, 0.3) is 0 Å². The summed E-state index contributed by atoms with van der Waals surface area (Å²) in [6.45, 7) is 1.29. The highest BCUT2D eigenvalue weighted by Gasteiger charge is 2.24. The van der Waals surface area contributed by atoms with Crippen LogP contribution < -0.4 is 4.74 Å². The molecule has 1 aliphatic heterocycles. The summed E-state index contributed by atoms with van der Waals surface area (Å²) in [6.07, 6.45) is 2.42. The van der Waals surface area contributed by atoms with Crippen LogP contribution >= 0.6 is 22.9 Å². The van der Waals surface area contributed by atoms with Crippen molar-refractivity contribution in [1.82, 2.24) is 19.5 Å². The molecule has 1 saturated heterocycles. The first kappa shape index (κ1) is 27.3. The van der Waals surface area contributed by atoms with Gasteiger partial charge in [0.2, 0.25) is 5.88 Å². The molecule has 1 fully saturated rings. The van der Waals surface area contributed by atoms with Crippen molar-refractivity contribution in [3.63, 3.8) is 0 Å². The molecule has 1 unspecified atom stereocenters. The molecular weight excluding hydrogens is 574 g/mol. The van der Waals surface area contributed by atoms with E-state index in [1.165, 1.54) is 30.7 Å². The highest BCUT2D eigenvalue weighted by Crippen LogP contribution is 2.29. The zero-order chi connectivity index (χ0) is 28.5. The number of hydrogen-bond acceptors (Lipinski definition) is 8. The summed E-state index contributed by atoms with van der Waals surface area (Å²) in [6, 6.07) is 12.2. The van der Waals surface area contributed by atoms with Crippen LogP contribution in [-0.4, -0.2) is 45.3 Å². The first-order chi connectivity index (χ1) is 19.9.